The van der Waals surface area contributed by atoms with Crippen LogP contribution in [0.25, 0.3) is 0 Å². The molecular formula is C20H33N3O2. The summed E-state index contributed by atoms with van der Waals surface area (Å²) >= 11 is 0. The van der Waals surface area contributed by atoms with Gasteiger partial charge in [0, 0.05) is 24.9 Å². The second-order valence-electron chi connectivity index (χ2n) is 7.46. The molecule has 1 aromatic carbocycles. The lowest BCUT2D eigenvalue weighted by Crippen LogP contribution is -2.34. The summed E-state index contributed by atoms with van der Waals surface area (Å²) in [7, 11) is 0. The van der Waals surface area contributed by atoms with Crippen molar-refractivity contribution >= 4 is 6.21 Å². The summed E-state index contributed by atoms with van der Waals surface area (Å²) in [6, 6.07) is 3.98. The van der Waals surface area contributed by atoms with Crippen LogP contribution in [0.5, 0.6) is 5.75 Å². The Balaban J connectivity index is 1.97. The maximum Gasteiger partial charge on any atom is 0.134 e. The van der Waals surface area contributed by atoms with E-state index in [1.54, 1.807) is 0 Å². The average Bonchev–Trinajstić information content (AvgIpc) is 2.59. The molecule has 2 rings (SSSR count). The highest BCUT2D eigenvalue weighted by Crippen LogP contribution is 2.35. The Morgan fingerprint density at radius 2 is 1.88 bits per heavy atom. The minimum atomic E-state index is -0.848. The Hall–Kier alpha value is -1.43. The maximum absolute atomic E-state index is 10.6. The summed E-state index contributed by atoms with van der Waals surface area (Å²) < 4.78 is 0. The number of aliphatic imine (C=N–C) groups is 1. The number of hydrogen-bond donors (Lipinski definition) is 3. The fourth-order valence-corrected chi connectivity index (χ4v) is 3.10. The summed E-state index contributed by atoms with van der Waals surface area (Å²) in [5.41, 5.74) is 2.62. The average molecular weight is 348 g/mol. The zero-order chi connectivity index (χ0) is 18.4. The molecule has 1 heterocycles. The van der Waals surface area contributed by atoms with Gasteiger partial charge >= 0.3 is 0 Å². The number of benzene rings is 1. The van der Waals surface area contributed by atoms with Crippen molar-refractivity contribution in [3.8, 4) is 5.75 Å². The van der Waals surface area contributed by atoms with E-state index >= 15 is 0 Å². The van der Waals surface area contributed by atoms with Crippen LogP contribution >= 0.6 is 0 Å². The first-order chi connectivity index (χ1) is 11.9. The second kappa shape index (κ2) is 9.32. The van der Waals surface area contributed by atoms with Crippen molar-refractivity contribution in [3.63, 3.8) is 0 Å². The van der Waals surface area contributed by atoms with E-state index in [2.05, 4.69) is 49.0 Å². The normalized spacial score (nSPS) is 16.8. The van der Waals surface area contributed by atoms with E-state index in [1.807, 2.05) is 12.3 Å². The van der Waals surface area contributed by atoms with Gasteiger partial charge in [0.1, 0.15) is 12.0 Å². The molecule has 0 saturated heterocycles. The van der Waals surface area contributed by atoms with E-state index in [1.165, 1.54) is 0 Å². The van der Waals surface area contributed by atoms with Gasteiger partial charge in [-0.3, -0.25) is 15.2 Å². The molecule has 3 N–H and O–H groups in total. The highest BCUT2D eigenvalue weighted by molar-refractivity contribution is 5.60. The predicted octanol–water partition coefficient (Wildman–Crippen LogP) is 3.00. The van der Waals surface area contributed by atoms with Crippen molar-refractivity contribution in [1.29, 1.82) is 0 Å². The molecule has 0 amide bonds. The molecular weight excluding hydrogens is 314 g/mol. The van der Waals surface area contributed by atoms with Gasteiger partial charge in [-0.25, -0.2) is 0 Å². The first-order valence-electron chi connectivity index (χ1n) is 9.39. The van der Waals surface area contributed by atoms with Gasteiger partial charge in [-0.2, -0.15) is 0 Å². The number of aromatic hydroxyl groups is 1. The van der Waals surface area contributed by atoms with E-state index < -0.39 is 6.23 Å². The molecule has 0 saturated carbocycles. The minimum absolute atomic E-state index is 0.213. The molecule has 1 aromatic rings. The van der Waals surface area contributed by atoms with Crippen molar-refractivity contribution < 1.29 is 10.2 Å². The predicted molar refractivity (Wildman–Crippen MR) is 104 cm³/mol. The Kier molecular flexibility index (Phi) is 7.41. The van der Waals surface area contributed by atoms with Gasteiger partial charge < -0.3 is 10.2 Å². The number of rotatable bonds is 8. The Morgan fingerprint density at radius 1 is 1.16 bits per heavy atom. The first kappa shape index (κ1) is 19.9. The smallest absolute Gasteiger partial charge is 0.134 e. The van der Waals surface area contributed by atoms with Gasteiger partial charge in [0.05, 0.1) is 6.54 Å². The lowest BCUT2D eigenvalue weighted by atomic mass is 9.91. The third kappa shape index (κ3) is 5.53. The number of nitrogens with zero attached hydrogens (tertiary/aromatic N) is 2. The summed E-state index contributed by atoms with van der Waals surface area (Å²) in [6.07, 6.45) is 2.07. The highest BCUT2D eigenvalue weighted by atomic mass is 16.3. The molecule has 1 aliphatic heterocycles. The van der Waals surface area contributed by atoms with E-state index in [9.17, 15) is 10.2 Å². The Morgan fingerprint density at radius 3 is 2.48 bits per heavy atom. The van der Waals surface area contributed by atoms with Crippen molar-refractivity contribution in [3.05, 3.63) is 28.8 Å². The molecule has 5 nitrogen and oxygen atoms in total. The van der Waals surface area contributed by atoms with Crippen molar-refractivity contribution in [2.75, 3.05) is 32.7 Å². The van der Waals surface area contributed by atoms with Crippen LogP contribution in [0.2, 0.25) is 0 Å². The van der Waals surface area contributed by atoms with Crippen LogP contribution in [0.4, 0.5) is 0 Å². The van der Waals surface area contributed by atoms with Crippen LogP contribution < -0.4 is 5.32 Å². The van der Waals surface area contributed by atoms with Crippen LogP contribution in [0, 0.1) is 0 Å². The highest BCUT2D eigenvalue weighted by Gasteiger charge is 2.19. The van der Waals surface area contributed by atoms with Crippen LogP contribution in [0.1, 0.15) is 68.9 Å². The fraction of sp³-hybridized carbons (Fsp3) is 0.650. The summed E-state index contributed by atoms with van der Waals surface area (Å²) in [5, 5.41) is 24.3. The quantitative estimate of drug-likeness (QED) is 0.499. The molecule has 140 valence electrons. The molecule has 0 aromatic heterocycles. The number of phenols is 1. The van der Waals surface area contributed by atoms with Gasteiger partial charge in [-0.05, 0) is 48.5 Å². The van der Waals surface area contributed by atoms with Crippen molar-refractivity contribution in [2.24, 2.45) is 4.99 Å². The van der Waals surface area contributed by atoms with E-state index in [4.69, 9.17) is 0 Å². The number of aliphatic hydroxyl groups is 1. The van der Waals surface area contributed by atoms with Gasteiger partial charge in [0.25, 0.3) is 0 Å². The molecule has 0 aliphatic carbocycles. The van der Waals surface area contributed by atoms with Crippen LogP contribution in [-0.4, -0.2) is 54.1 Å². The van der Waals surface area contributed by atoms with Gasteiger partial charge in [0.15, 0.2) is 0 Å². The summed E-state index contributed by atoms with van der Waals surface area (Å²) in [4.78, 5) is 6.58. The molecule has 0 radical (unpaired) electrons. The number of aliphatic hydroxyl groups excluding tert-OH is 1. The standard InChI is InChI=1S/C20H33N3O2/c1-14(2)16-12-17(15(3)4)19(24)18(13-16)20(25)22-6-5-9-23-10-7-21-8-11-23/h7,12-15,20,22,24-25H,5-6,8-11H2,1-4H3. The summed E-state index contributed by atoms with van der Waals surface area (Å²) in [6.45, 7) is 12.9. The third-order valence-corrected chi connectivity index (χ3v) is 4.78. The molecule has 1 aliphatic rings. The lowest BCUT2D eigenvalue weighted by molar-refractivity contribution is 0.133. The molecule has 1 atom stereocenters. The fourth-order valence-electron chi connectivity index (χ4n) is 3.10. The molecule has 25 heavy (non-hydrogen) atoms. The largest absolute Gasteiger partial charge is 0.507 e. The molecule has 1 unspecified atom stereocenters. The maximum atomic E-state index is 10.6. The number of hydrogen-bond acceptors (Lipinski definition) is 5. The van der Waals surface area contributed by atoms with E-state index in [-0.39, 0.29) is 11.7 Å². The topological polar surface area (TPSA) is 68.1 Å². The molecule has 0 fully saturated rings. The molecule has 5 heteroatoms. The summed E-state index contributed by atoms with van der Waals surface area (Å²) in [5.74, 6) is 0.780. The van der Waals surface area contributed by atoms with Gasteiger partial charge in [-0.15, -0.1) is 0 Å². The van der Waals surface area contributed by atoms with Crippen molar-refractivity contribution in [2.45, 2.75) is 52.2 Å². The van der Waals surface area contributed by atoms with E-state index in [0.717, 1.165) is 43.7 Å². The van der Waals surface area contributed by atoms with E-state index in [0.29, 0.717) is 18.0 Å². The number of nitrogens with one attached hydrogen (secondary N) is 1. The zero-order valence-electron chi connectivity index (χ0n) is 16.0. The molecule has 0 bridgehead atoms. The SMILES string of the molecule is CC(C)c1cc(C(C)C)c(O)c(C(O)NCCCN2CC=NCC2)c1. The first-order valence-corrected chi connectivity index (χ1v) is 9.39. The van der Waals surface area contributed by atoms with Gasteiger partial charge in [-0.1, -0.05) is 33.8 Å². The lowest BCUT2D eigenvalue weighted by Gasteiger charge is -2.23. The van der Waals surface area contributed by atoms with Crippen molar-refractivity contribution in [1.82, 2.24) is 10.2 Å². The Labute approximate surface area is 151 Å². The minimum Gasteiger partial charge on any atom is -0.507 e. The number of phenolic OH excluding ortho intramolecular Hbond substituents is 1. The monoisotopic (exact) mass is 347 g/mol. The van der Waals surface area contributed by atoms with Gasteiger partial charge in [0.2, 0.25) is 0 Å². The van der Waals surface area contributed by atoms with Crippen LogP contribution in [0.3, 0.4) is 0 Å². The van der Waals surface area contributed by atoms with Crippen LogP contribution in [0.15, 0.2) is 17.1 Å². The van der Waals surface area contributed by atoms with Crippen LogP contribution in [-0.2, 0) is 0 Å². The second-order valence-corrected chi connectivity index (χ2v) is 7.46. The molecule has 0 spiro atoms. The Bertz CT molecular complexity index is 585. The third-order valence-electron chi connectivity index (χ3n) is 4.78. The zero-order valence-corrected chi connectivity index (χ0v) is 16.0.